The Hall–Kier alpha value is -2.23. The second-order valence-corrected chi connectivity index (χ2v) is 5.19. The van der Waals surface area contributed by atoms with Gasteiger partial charge in [-0.15, -0.1) is 0 Å². The Bertz CT molecular complexity index is 635. The molecule has 1 aromatic heterocycles. The predicted octanol–water partition coefficient (Wildman–Crippen LogP) is 2.63. The largest absolute Gasteiger partial charge is 0.347 e. The first kappa shape index (κ1) is 12.8. The SMILES string of the molecule is CC(=O)CNc1ncc(-c2ccc3c(c2)CCC3)cn1. The van der Waals surface area contributed by atoms with Crippen LogP contribution in [0.4, 0.5) is 5.95 Å². The highest BCUT2D eigenvalue weighted by molar-refractivity contribution is 5.79. The maximum Gasteiger partial charge on any atom is 0.222 e. The molecule has 0 fully saturated rings. The van der Waals surface area contributed by atoms with Crippen molar-refractivity contribution in [2.24, 2.45) is 0 Å². The molecule has 20 heavy (non-hydrogen) atoms. The molecule has 0 unspecified atom stereocenters. The summed E-state index contributed by atoms with van der Waals surface area (Å²) >= 11 is 0. The Kier molecular flexibility index (Phi) is 3.46. The van der Waals surface area contributed by atoms with E-state index in [-0.39, 0.29) is 12.3 Å². The van der Waals surface area contributed by atoms with Crippen LogP contribution >= 0.6 is 0 Å². The summed E-state index contributed by atoms with van der Waals surface area (Å²) in [5.74, 6) is 0.557. The Balaban J connectivity index is 1.79. The molecule has 0 atom stereocenters. The number of carbonyl (C=O) groups excluding carboxylic acids is 1. The van der Waals surface area contributed by atoms with Gasteiger partial charge in [-0.3, -0.25) is 4.79 Å². The van der Waals surface area contributed by atoms with Crippen molar-refractivity contribution in [1.82, 2.24) is 9.97 Å². The molecule has 0 saturated carbocycles. The Morgan fingerprint density at radius 1 is 1.15 bits per heavy atom. The van der Waals surface area contributed by atoms with Gasteiger partial charge in [0.05, 0.1) is 6.54 Å². The topological polar surface area (TPSA) is 54.9 Å². The Labute approximate surface area is 118 Å². The van der Waals surface area contributed by atoms with Crippen LogP contribution in [0.25, 0.3) is 11.1 Å². The summed E-state index contributed by atoms with van der Waals surface area (Å²) in [7, 11) is 0. The van der Waals surface area contributed by atoms with E-state index in [1.807, 2.05) is 0 Å². The summed E-state index contributed by atoms with van der Waals surface area (Å²) in [4.78, 5) is 19.4. The normalized spacial score (nSPS) is 13.1. The molecule has 0 radical (unpaired) electrons. The molecule has 0 amide bonds. The first-order valence-corrected chi connectivity index (χ1v) is 6.90. The monoisotopic (exact) mass is 267 g/mol. The lowest BCUT2D eigenvalue weighted by Crippen LogP contribution is -2.11. The van der Waals surface area contributed by atoms with E-state index in [1.165, 1.54) is 37.3 Å². The van der Waals surface area contributed by atoms with Crippen LogP contribution in [-0.2, 0) is 17.6 Å². The highest BCUT2D eigenvalue weighted by atomic mass is 16.1. The van der Waals surface area contributed by atoms with Crippen molar-refractivity contribution in [1.29, 1.82) is 0 Å². The summed E-state index contributed by atoms with van der Waals surface area (Å²) in [6.07, 6.45) is 7.21. The number of hydrogen-bond acceptors (Lipinski definition) is 4. The van der Waals surface area contributed by atoms with E-state index in [0.717, 1.165) is 11.1 Å². The van der Waals surface area contributed by atoms with Gasteiger partial charge in [-0.2, -0.15) is 0 Å². The van der Waals surface area contributed by atoms with Crippen molar-refractivity contribution in [3.8, 4) is 11.1 Å². The average Bonchev–Trinajstić information content (AvgIpc) is 2.93. The molecular formula is C16H17N3O. The lowest BCUT2D eigenvalue weighted by Gasteiger charge is -2.06. The third kappa shape index (κ3) is 2.69. The number of aryl methyl sites for hydroxylation is 2. The number of rotatable bonds is 4. The van der Waals surface area contributed by atoms with Crippen molar-refractivity contribution >= 4 is 11.7 Å². The summed E-state index contributed by atoms with van der Waals surface area (Å²) in [6.45, 7) is 1.80. The summed E-state index contributed by atoms with van der Waals surface area (Å²) in [6, 6.07) is 6.58. The van der Waals surface area contributed by atoms with Crippen LogP contribution < -0.4 is 5.32 Å². The van der Waals surface area contributed by atoms with E-state index in [2.05, 4.69) is 33.5 Å². The van der Waals surface area contributed by atoms with Crippen molar-refractivity contribution in [3.05, 3.63) is 41.7 Å². The van der Waals surface area contributed by atoms with E-state index in [1.54, 1.807) is 12.4 Å². The zero-order valence-electron chi connectivity index (χ0n) is 11.5. The molecule has 0 saturated heterocycles. The molecule has 1 heterocycles. The number of carbonyl (C=O) groups is 1. The van der Waals surface area contributed by atoms with Crippen LogP contribution in [0.5, 0.6) is 0 Å². The number of benzene rings is 1. The number of nitrogens with zero attached hydrogens (tertiary/aromatic N) is 2. The van der Waals surface area contributed by atoms with Gasteiger partial charge in [0.25, 0.3) is 0 Å². The van der Waals surface area contributed by atoms with Gasteiger partial charge >= 0.3 is 0 Å². The minimum absolute atomic E-state index is 0.0660. The molecule has 1 aliphatic rings. The molecule has 1 aliphatic carbocycles. The number of fused-ring (bicyclic) bond motifs is 1. The summed E-state index contributed by atoms with van der Waals surface area (Å²) in [5.41, 5.74) is 5.08. The molecule has 102 valence electrons. The van der Waals surface area contributed by atoms with Gasteiger partial charge in [-0.1, -0.05) is 18.2 Å². The van der Waals surface area contributed by atoms with Gasteiger partial charge in [-0.05, 0) is 42.9 Å². The van der Waals surface area contributed by atoms with Crippen molar-refractivity contribution in [2.75, 3.05) is 11.9 Å². The third-order valence-corrected chi connectivity index (χ3v) is 3.58. The van der Waals surface area contributed by atoms with Crippen LogP contribution in [0.1, 0.15) is 24.5 Å². The molecule has 1 aromatic carbocycles. The van der Waals surface area contributed by atoms with Crippen LogP contribution in [0.2, 0.25) is 0 Å². The van der Waals surface area contributed by atoms with Crippen LogP contribution in [0.15, 0.2) is 30.6 Å². The minimum atomic E-state index is 0.0660. The fourth-order valence-electron chi connectivity index (χ4n) is 2.52. The first-order chi connectivity index (χ1) is 9.72. The highest BCUT2D eigenvalue weighted by Crippen LogP contribution is 2.27. The van der Waals surface area contributed by atoms with E-state index >= 15 is 0 Å². The molecular weight excluding hydrogens is 250 g/mol. The number of nitrogens with one attached hydrogen (secondary N) is 1. The number of hydrogen-bond donors (Lipinski definition) is 1. The fraction of sp³-hybridized carbons (Fsp3) is 0.312. The molecule has 0 spiro atoms. The third-order valence-electron chi connectivity index (χ3n) is 3.58. The molecule has 0 aliphatic heterocycles. The molecule has 4 heteroatoms. The van der Waals surface area contributed by atoms with E-state index < -0.39 is 0 Å². The highest BCUT2D eigenvalue weighted by Gasteiger charge is 2.11. The smallest absolute Gasteiger partial charge is 0.222 e. The van der Waals surface area contributed by atoms with E-state index in [0.29, 0.717) is 5.95 Å². The van der Waals surface area contributed by atoms with E-state index in [9.17, 15) is 4.79 Å². The number of aromatic nitrogens is 2. The minimum Gasteiger partial charge on any atom is -0.347 e. The van der Waals surface area contributed by atoms with Crippen molar-refractivity contribution in [3.63, 3.8) is 0 Å². The standard InChI is InChI=1S/C16H17N3O/c1-11(20)8-17-16-18-9-15(10-19-16)14-6-5-12-3-2-4-13(12)7-14/h5-7,9-10H,2-4,8H2,1H3,(H,17,18,19). The maximum atomic E-state index is 10.9. The molecule has 0 bridgehead atoms. The lowest BCUT2D eigenvalue weighted by molar-refractivity contribution is -0.115. The van der Waals surface area contributed by atoms with Gasteiger partial charge in [0.2, 0.25) is 5.95 Å². The second kappa shape index (κ2) is 5.41. The number of anilines is 1. The van der Waals surface area contributed by atoms with E-state index in [4.69, 9.17) is 0 Å². The summed E-state index contributed by atoms with van der Waals surface area (Å²) < 4.78 is 0. The van der Waals surface area contributed by atoms with Gasteiger partial charge in [0, 0.05) is 18.0 Å². The summed E-state index contributed by atoms with van der Waals surface area (Å²) in [5, 5.41) is 2.89. The first-order valence-electron chi connectivity index (χ1n) is 6.90. The van der Waals surface area contributed by atoms with Gasteiger partial charge in [0.1, 0.15) is 5.78 Å². The fourth-order valence-corrected chi connectivity index (χ4v) is 2.52. The molecule has 2 aromatic rings. The molecule has 3 rings (SSSR count). The number of ketones is 1. The molecule has 1 N–H and O–H groups in total. The van der Waals surface area contributed by atoms with Gasteiger partial charge < -0.3 is 5.32 Å². The van der Waals surface area contributed by atoms with Crippen LogP contribution in [0.3, 0.4) is 0 Å². The molecule has 4 nitrogen and oxygen atoms in total. The second-order valence-electron chi connectivity index (χ2n) is 5.19. The van der Waals surface area contributed by atoms with Gasteiger partial charge in [-0.25, -0.2) is 9.97 Å². The van der Waals surface area contributed by atoms with Crippen molar-refractivity contribution < 1.29 is 4.79 Å². The van der Waals surface area contributed by atoms with Crippen LogP contribution in [0, 0.1) is 0 Å². The zero-order valence-corrected chi connectivity index (χ0v) is 11.5. The Morgan fingerprint density at radius 3 is 2.65 bits per heavy atom. The quantitative estimate of drug-likeness (QED) is 0.925. The lowest BCUT2D eigenvalue weighted by atomic mass is 10.0. The number of Topliss-reactive ketones (excluding diaryl/α,β-unsaturated/α-hetero) is 1. The van der Waals surface area contributed by atoms with Gasteiger partial charge in [0.15, 0.2) is 0 Å². The average molecular weight is 267 g/mol. The van der Waals surface area contributed by atoms with Crippen LogP contribution in [-0.4, -0.2) is 22.3 Å². The predicted molar refractivity (Wildman–Crippen MR) is 78.7 cm³/mol. The van der Waals surface area contributed by atoms with Crippen molar-refractivity contribution in [2.45, 2.75) is 26.2 Å². The Morgan fingerprint density at radius 2 is 1.90 bits per heavy atom. The maximum absolute atomic E-state index is 10.9. The zero-order chi connectivity index (χ0) is 13.9.